The number of nitrogens with zero attached hydrogens (tertiary/aromatic N) is 2. The monoisotopic (exact) mass is 692 g/mol. The third kappa shape index (κ3) is 8.98. The van der Waals surface area contributed by atoms with Crippen LogP contribution in [0.3, 0.4) is 0 Å². The van der Waals surface area contributed by atoms with Crippen LogP contribution in [-0.2, 0) is 22.4 Å². The Kier molecular flexibility index (Phi) is 15.9. The Labute approximate surface area is 276 Å². The van der Waals surface area contributed by atoms with Gasteiger partial charge in [-0.25, -0.2) is 0 Å². The van der Waals surface area contributed by atoms with E-state index in [9.17, 15) is 9.59 Å². The lowest BCUT2D eigenvalue weighted by Gasteiger charge is -2.43. The van der Waals surface area contributed by atoms with Gasteiger partial charge in [-0.05, 0) is 115 Å². The normalized spacial score (nSPS) is 16.3. The van der Waals surface area contributed by atoms with Crippen molar-refractivity contribution < 1.29 is 38.0 Å². The first kappa shape index (κ1) is 40.4. The summed E-state index contributed by atoms with van der Waals surface area (Å²) < 4.78 is 0.900. The molecule has 0 saturated carbocycles. The van der Waals surface area contributed by atoms with Gasteiger partial charge in [-0.2, -0.15) is 0 Å². The van der Waals surface area contributed by atoms with E-state index in [0.29, 0.717) is 24.4 Å². The largest absolute Gasteiger partial charge is 1.00 e. The molecule has 0 amide bonds. The molecule has 0 spiro atoms. The summed E-state index contributed by atoms with van der Waals surface area (Å²) in [5, 5.41) is 0. The highest BCUT2D eigenvalue weighted by atomic mass is 127. The molecular weight excluding hydrogens is 631 g/mol. The van der Waals surface area contributed by atoms with Crippen LogP contribution in [0.25, 0.3) is 0 Å². The smallest absolute Gasteiger partial charge is 0.196 e. The minimum absolute atomic E-state index is 0. The van der Waals surface area contributed by atoms with Crippen LogP contribution in [0.15, 0.2) is 36.4 Å². The number of benzene rings is 2. The molecule has 2 aromatic rings. The van der Waals surface area contributed by atoms with Gasteiger partial charge in [-0.1, -0.05) is 51.3 Å². The number of likely N-dealkylation sites (tertiary alicyclic amines) is 2. The molecular formula is C37H61IN2O2. The van der Waals surface area contributed by atoms with Crippen molar-refractivity contribution in [2.45, 2.75) is 120 Å². The molecule has 0 radical (unpaired) electrons. The molecule has 0 aromatic heterocycles. The van der Waals surface area contributed by atoms with E-state index in [-0.39, 0.29) is 49.9 Å². The molecule has 0 unspecified atom stereocenters. The Balaban J connectivity index is 0.000000748. The number of hydrogen-bond donors (Lipinski definition) is 0. The van der Waals surface area contributed by atoms with Gasteiger partial charge in [0, 0.05) is 25.7 Å². The van der Waals surface area contributed by atoms with Crippen molar-refractivity contribution >= 4 is 11.6 Å². The van der Waals surface area contributed by atoms with Crippen LogP contribution in [-0.4, -0.2) is 65.3 Å². The van der Waals surface area contributed by atoms with Crippen LogP contribution in [0.1, 0.15) is 102 Å². The topological polar surface area (TPSA) is 37.4 Å². The summed E-state index contributed by atoms with van der Waals surface area (Å²) in [6.45, 7) is 21.2. The highest BCUT2D eigenvalue weighted by Crippen LogP contribution is 2.31. The number of aryl methyl sites for hydroxylation is 4. The van der Waals surface area contributed by atoms with E-state index >= 15 is 0 Å². The van der Waals surface area contributed by atoms with Gasteiger partial charge >= 0.3 is 0 Å². The van der Waals surface area contributed by atoms with E-state index in [1.54, 1.807) is 0 Å². The summed E-state index contributed by atoms with van der Waals surface area (Å²) in [6.07, 6.45) is 6.06. The molecule has 2 saturated heterocycles. The molecule has 0 atom stereocenters. The minimum atomic E-state index is -0.328. The molecule has 0 N–H and O–H groups in total. The Morgan fingerprint density at radius 2 is 1.05 bits per heavy atom. The van der Waals surface area contributed by atoms with Gasteiger partial charge in [0.25, 0.3) is 0 Å². The summed E-state index contributed by atoms with van der Waals surface area (Å²) in [5.74, 6) is 0.714. The van der Waals surface area contributed by atoms with Crippen molar-refractivity contribution in [3.8, 4) is 0 Å². The van der Waals surface area contributed by atoms with Crippen LogP contribution in [0, 0.1) is 27.7 Å². The van der Waals surface area contributed by atoms with Crippen molar-refractivity contribution in [1.82, 2.24) is 4.90 Å². The van der Waals surface area contributed by atoms with Crippen LogP contribution >= 0.6 is 0 Å². The zero-order chi connectivity index (χ0) is 29.0. The Hall–Kier alpha value is -1.57. The number of quaternary nitrogens is 1. The molecule has 2 aliphatic rings. The summed E-state index contributed by atoms with van der Waals surface area (Å²) >= 11 is 0. The third-order valence-electron chi connectivity index (χ3n) is 10.1. The average molecular weight is 693 g/mol. The van der Waals surface area contributed by atoms with Crippen LogP contribution in [0.5, 0.6) is 0 Å². The zero-order valence-electron chi connectivity index (χ0n) is 26.6. The fourth-order valence-electron chi connectivity index (χ4n) is 6.36. The molecule has 5 heteroatoms. The quantitative estimate of drug-likeness (QED) is 0.289. The Morgan fingerprint density at radius 1 is 0.690 bits per heavy atom. The fourth-order valence-corrected chi connectivity index (χ4v) is 6.36. The third-order valence-corrected chi connectivity index (χ3v) is 10.1. The average Bonchev–Trinajstić information content (AvgIpc) is 3.57. The van der Waals surface area contributed by atoms with E-state index in [1.165, 1.54) is 59.1 Å². The number of halogens is 1. The molecule has 4 nitrogen and oxygen atoms in total. The van der Waals surface area contributed by atoms with Crippen LogP contribution in [0.4, 0.5) is 0 Å². The molecule has 0 aliphatic carbocycles. The molecule has 238 valence electrons. The molecule has 2 fully saturated rings. The SMILES string of the molecule is C.C.Cc1cccc(C)c1CC(=O)C(C)(C)N1CCCC1.Cc1cccc(C)c1CC(=O)C(C)(C)[N+]1(C)CCCC1.[I-]. The first-order chi connectivity index (χ1) is 18.2. The van der Waals surface area contributed by atoms with Crippen molar-refractivity contribution in [3.05, 3.63) is 69.8 Å². The molecule has 4 rings (SSSR count). The van der Waals surface area contributed by atoms with Gasteiger partial charge in [0.1, 0.15) is 0 Å². The zero-order valence-corrected chi connectivity index (χ0v) is 28.8. The predicted octanol–water partition coefficient (Wildman–Crippen LogP) is 5.00. The lowest BCUT2D eigenvalue weighted by molar-refractivity contribution is -0.934. The van der Waals surface area contributed by atoms with E-state index in [4.69, 9.17) is 0 Å². The van der Waals surface area contributed by atoms with Crippen LogP contribution < -0.4 is 24.0 Å². The first-order valence-corrected chi connectivity index (χ1v) is 15.0. The predicted molar refractivity (Wildman–Crippen MR) is 177 cm³/mol. The fraction of sp³-hybridized carbons (Fsp3) is 0.622. The maximum atomic E-state index is 12.9. The van der Waals surface area contributed by atoms with Crippen molar-refractivity contribution in [3.63, 3.8) is 0 Å². The van der Waals surface area contributed by atoms with E-state index < -0.39 is 0 Å². The first-order valence-electron chi connectivity index (χ1n) is 15.0. The summed E-state index contributed by atoms with van der Waals surface area (Å²) in [7, 11) is 2.25. The summed E-state index contributed by atoms with van der Waals surface area (Å²) in [4.78, 5) is 27.9. The van der Waals surface area contributed by atoms with Crippen molar-refractivity contribution in [1.29, 1.82) is 0 Å². The molecule has 42 heavy (non-hydrogen) atoms. The Bertz CT molecular complexity index is 1130. The van der Waals surface area contributed by atoms with E-state index in [0.717, 1.165) is 30.7 Å². The van der Waals surface area contributed by atoms with Crippen molar-refractivity contribution in [2.24, 2.45) is 0 Å². The summed E-state index contributed by atoms with van der Waals surface area (Å²) in [6, 6.07) is 12.5. The number of likely N-dealkylation sites (N-methyl/N-ethyl adjacent to an activating group) is 1. The van der Waals surface area contributed by atoms with Gasteiger partial charge in [-0.15, -0.1) is 0 Å². The van der Waals surface area contributed by atoms with Gasteiger partial charge in [0.2, 0.25) is 0 Å². The number of carbonyl (C=O) groups is 2. The second-order valence-corrected chi connectivity index (χ2v) is 13.3. The summed E-state index contributed by atoms with van der Waals surface area (Å²) in [5.41, 5.74) is 6.74. The number of carbonyl (C=O) groups excluding carboxylic acids is 2. The number of hydrogen-bond acceptors (Lipinski definition) is 3. The molecule has 2 aliphatic heterocycles. The maximum Gasteiger partial charge on any atom is 0.196 e. The second-order valence-electron chi connectivity index (χ2n) is 13.3. The number of ketones is 2. The van der Waals surface area contributed by atoms with Crippen molar-refractivity contribution in [2.75, 3.05) is 33.2 Å². The molecule has 2 heterocycles. The standard InChI is InChI=1S/C18H28NO.C17H25NO.2CH4.HI/c1-14-9-8-10-15(2)16(14)13-17(20)18(3,4)19(5)11-6-7-12-19;1-13-8-7-9-14(2)15(13)12-16(19)17(3,4)18-10-5-6-11-18;;;/h8-10H,6-7,11-13H2,1-5H3;7-9H,5-6,10-12H2,1-4H3;2*1H4;1H/q+1;;;;/p-1. The van der Waals surface area contributed by atoms with Gasteiger partial charge in [0.15, 0.2) is 17.1 Å². The highest BCUT2D eigenvalue weighted by molar-refractivity contribution is 5.90. The van der Waals surface area contributed by atoms with E-state index in [1.807, 2.05) is 0 Å². The number of rotatable bonds is 8. The van der Waals surface area contributed by atoms with Crippen LogP contribution in [0.2, 0.25) is 0 Å². The van der Waals surface area contributed by atoms with E-state index in [2.05, 4.69) is 104 Å². The second kappa shape index (κ2) is 16.5. The van der Waals surface area contributed by atoms with Gasteiger partial charge < -0.3 is 28.5 Å². The van der Waals surface area contributed by atoms with Gasteiger partial charge in [0.05, 0.1) is 25.7 Å². The molecule has 2 aromatic carbocycles. The lowest BCUT2D eigenvalue weighted by atomic mass is 9.87. The number of Topliss-reactive ketones (excluding diaryl/α,β-unsaturated/α-hetero) is 2. The lowest BCUT2D eigenvalue weighted by Crippen LogP contribution is -3.00. The maximum absolute atomic E-state index is 12.9. The molecule has 0 bridgehead atoms. The van der Waals surface area contributed by atoms with Gasteiger partial charge in [-0.3, -0.25) is 14.5 Å². The minimum Gasteiger partial charge on any atom is -1.00 e. The Morgan fingerprint density at radius 3 is 1.43 bits per heavy atom. The highest BCUT2D eigenvalue weighted by Gasteiger charge is 2.47.